The van der Waals surface area contributed by atoms with Crippen molar-refractivity contribution in [2.75, 3.05) is 11.9 Å². The van der Waals surface area contributed by atoms with Crippen LogP contribution in [0.25, 0.3) is 0 Å². The fraction of sp³-hybridized carbons (Fsp3) is 0.316. The zero-order chi connectivity index (χ0) is 18.9. The van der Waals surface area contributed by atoms with Crippen LogP contribution in [0.15, 0.2) is 47.4 Å². The van der Waals surface area contributed by atoms with Gasteiger partial charge in [0.25, 0.3) is 0 Å². The number of benzene rings is 2. The molecule has 0 radical (unpaired) electrons. The second-order valence-corrected chi connectivity index (χ2v) is 8.86. The molecule has 1 amide bonds. The summed E-state index contributed by atoms with van der Waals surface area (Å²) in [5.74, 6) is -0.299. The van der Waals surface area contributed by atoms with Gasteiger partial charge in [0.2, 0.25) is 15.9 Å². The predicted molar refractivity (Wildman–Crippen MR) is 103 cm³/mol. The number of sulfonamides is 1. The fourth-order valence-electron chi connectivity index (χ4n) is 3.20. The number of amides is 1. The van der Waals surface area contributed by atoms with Crippen molar-refractivity contribution in [1.82, 2.24) is 4.31 Å². The van der Waals surface area contributed by atoms with E-state index in [9.17, 15) is 13.2 Å². The number of carbonyl (C=O) groups is 1. The summed E-state index contributed by atoms with van der Waals surface area (Å²) >= 11 is 5.84. The number of hydrogen-bond donors (Lipinski definition) is 1. The fourth-order valence-corrected chi connectivity index (χ4v) is 4.98. The van der Waals surface area contributed by atoms with Crippen molar-refractivity contribution in [2.45, 2.75) is 37.6 Å². The van der Waals surface area contributed by atoms with E-state index >= 15 is 0 Å². The first-order valence-corrected chi connectivity index (χ1v) is 10.3. The first kappa shape index (κ1) is 18.9. The van der Waals surface area contributed by atoms with Crippen LogP contribution in [0, 0.1) is 13.8 Å². The van der Waals surface area contributed by atoms with Crippen molar-refractivity contribution in [3.63, 3.8) is 0 Å². The molecule has 5 nitrogen and oxygen atoms in total. The van der Waals surface area contributed by atoms with Gasteiger partial charge in [0.15, 0.2) is 0 Å². The lowest BCUT2D eigenvalue weighted by molar-refractivity contribution is -0.119. The zero-order valence-electron chi connectivity index (χ0n) is 14.7. The van der Waals surface area contributed by atoms with Gasteiger partial charge in [-0.05, 0) is 62.6 Å². The highest BCUT2D eigenvalue weighted by Crippen LogP contribution is 2.28. The number of halogens is 1. The summed E-state index contributed by atoms with van der Waals surface area (Å²) in [6.45, 7) is 4.23. The van der Waals surface area contributed by atoms with Crippen LogP contribution < -0.4 is 5.32 Å². The summed E-state index contributed by atoms with van der Waals surface area (Å²) in [5.41, 5.74) is 2.76. The van der Waals surface area contributed by atoms with Gasteiger partial charge in [-0.3, -0.25) is 4.79 Å². The smallest absolute Gasteiger partial charge is 0.243 e. The van der Waals surface area contributed by atoms with E-state index < -0.39 is 16.1 Å². The molecule has 26 heavy (non-hydrogen) atoms. The van der Waals surface area contributed by atoms with Crippen molar-refractivity contribution in [1.29, 1.82) is 0 Å². The maximum Gasteiger partial charge on any atom is 0.243 e. The second-order valence-electron chi connectivity index (χ2n) is 6.54. The minimum absolute atomic E-state index is 0.146. The quantitative estimate of drug-likeness (QED) is 0.861. The van der Waals surface area contributed by atoms with Crippen LogP contribution >= 0.6 is 11.6 Å². The van der Waals surface area contributed by atoms with Crippen molar-refractivity contribution < 1.29 is 13.2 Å². The Morgan fingerprint density at radius 2 is 1.85 bits per heavy atom. The Kier molecular flexibility index (Phi) is 5.37. The molecule has 0 spiro atoms. The molecular weight excluding hydrogens is 372 g/mol. The van der Waals surface area contributed by atoms with Gasteiger partial charge in [0, 0.05) is 17.3 Å². The van der Waals surface area contributed by atoms with Crippen LogP contribution in [0.2, 0.25) is 5.02 Å². The molecule has 1 atom stereocenters. The number of aryl methyl sites for hydroxylation is 2. The lowest BCUT2D eigenvalue weighted by Crippen LogP contribution is -2.43. The molecule has 2 aromatic carbocycles. The van der Waals surface area contributed by atoms with Crippen molar-refractivity contribution in [3.8, 4) is 0 Å². The lowest BCUT2D eigenvalue weighted by atomic mass is 10.1. The second kappa shape index (κ2) is 7.39. The molecule has 138 valence electrons. The Morgan fingerprint density at radius 1 is 1.15 bits per heavy atom. The molecule has 1 aliphatic heterocycles. The Morgan fingerprint density at radius 3 is 2.50 bits per heavy atom. The number of nitrogens with one attached hydrogen (secondary N) is 1. The molecule has 7 heteroatoms. The molecule has 1 N–H and O–H groups in total. The van der Waals surface area contributed by atoms with E-state index in [4.69, 9.17) is 11.6 Å². The molecule has 0 aromatic heterocycles. The van der Waals surface area contributed by atoms with Gasteiger partial charge in [-0.2, -0.15) is 4.31 Å². The number of anilines is 1. The lowest BCUT2D eigenvalue weighted by Gasteiger charge is -2.24. The normalized spacial score (nSPS) is 18.0. The highest BCUT2D eigenvalue weighted by molar-refractivity contribution is 7.89. The monoisotopic (exact) mass is 392 g/mol. The van der Waals surface area contributed by atoms with E-state index in [0.29, 0.717) is 30.1 Å². The molecule has 1 aliphatic rings. The summed E-state index contributed by atoms with van der Waals surface area (Å²) in [5, 5.41) is 3.34. The van der Waals surface area contributed by atoms with Gasteiger partial charge in [0.1, 0.15) is 6.04 Å². The van der Waals surface area contributed by atoms with E-state index in [-0.39, 0.29) is 10.8 Å². The molecular formula is C19H21ClN2O3S. The standard InChI is InChI=1S/C19H21ClN2O3S/c1-13-5-10-17(14(2)12-13)21-19(23)18-4-3-11-22(18)26(24,25)16-8-6-15(20)7-9-16/h5-10,12,18H,3-4,11H2,1-2H3,(H,21,23)/t18-/m0/s1. The summed E-state index contributed by atoms with van der Waals surface area (Å²) in [7, 11) is -3.74. The maximum atomic E-state index is 12.9. The van der Waals surface area contributed by atoms with Crippen LogP contribution in [-0.2, 0) is 14.8 Å². The molecule has 0 bridgehead atoms. The summed E-state index contributed by atoms with van der Waals surface area (Å²) in [4.78, 5) is 12.9. The number of carbonyl (C=O) groups excluding carboxylic acids is 1. The minimum atomic E-state index is -3.74. The van der Waals surface area contributed by atoms with Crippen molar-refractivity contribution >= 4 is 33.2 Å². The van der Waals surface area contributed by atoms with E-state index in [1.807, 2.05) is 32.0 Å². The van der Waals surface area contributed by atoms with Crippen LogP contribution in [0.3, 0.4) is 0 Å². The summed E-state index contributed by atoms with van der Waals surface area (Å²) in [6.07, 6.45) is 1.15. The van der Waals surface area contributed by atoms with Crippen molar-refractivity contribution in [2.24, 2.45) is 0 Å². The predicted octanol–water partition coefficient (Wildman–Crippen LogP) is 3.75. The first-order chi connectivity index (χ1) is 12.3. The molecule has 1 saturated heterocycles. The van der Waals surface area contributed by atoms with E-state index in [1.165, 1.54) is 28.6 Å². The Hall–Kier alpha value is -1.89. The number of rotatable bonds is 4. The van der Waals surface area contributed by atoms with Crippen LogP contribution in [-0.4, -0.2) is 31.2 Å². The highest BCUT2D eigenvalue weighted by Gasteiger charge is 2.39. The maximum absolute atomic E-state index is 12.9. The first-order valence-electron chi connectivity index (χ1n) is 8.44. The minimum Gasteiger partial charge on any atom is -0.324 e. The summed E-state index contributed by atoms with van der Waals surface area (Å²) < 4.78 is 27.1. The SMILES string of the molecule is Cc1ccc(NC(=O)[C@@H]2CCCN2S(=O)(=O)c2ccc(Cl)cc2)c(C)c1. The largest absolute Gasteiger partial charge is 0.324 e. The molecule has 3 rings (SSSR count). The number of hydrogen-bond acceptors (Lipinski definition) is 3. The van der Waals surface area contributed by atoms with Crippen LogP contribution in [0.1, 0.15) is 24.0 Å². The summed E-state index contributed by atoms with van der Waals surface area (Å²) in [6, 6.07) is 11.0. The number of nitrogens with zero attached hydrogens (tertiary/aromatic N) is 1. The molecule has 0 unspecified atom stereocenters. The average Bonchev–Trinajstić information content (AvgIpc) is 3.08. The average molecular weight is 393 g/mol. The van der Waals surface area contributed by atoms with Crippen LogP contribution in [0.4, 0.5) is 5.69 Å². The third-order valence-electron chi connectivity index (χ3n) is 4.57. The van der Waals surface area contributed by atoms with Gasteiger partial charge in [-0.15, -0.1) is 0 Å². The molecule has 2 aromatic rings. The van der Waals surface area contributed by atoms with Gasteiger partial charge in [-0.25, -0.2) is 8.42 Å². The van der Waals surface area contributed by atoms with Gasteiger partial charge in [-0.1, -0.05) is 29.3 Å². The molecule has 0 saturated carbocycles. The Labute approximate surface area is 159 Å². The van der Waals surface area contributed by atoms with Crippen LogP contribution in [0.5, 0.6) is 0 Å². The van der Waals surface area contributed by atoms with Gasteiger partial charge in [0.05, 0.1) is 4.90 Å². The highest BCUT2D eigenvalue weighted by atomic mass is 35.5. The van der Waals surface area contributed by atoms with E-state index in [2.05, 4.69) is 5.32 Å². The van der Waals surface area contributed by atoms with Gasteiger partial charge >= 0.3 is 0 Å². The topological polar surface area (TPSA) is 66.5 Å². The third kappa shape index (κ3) is 3.77. The Bertz CT molecular complexity index is 926. The molecule has 1 fully saturated rings. The van der Waals surface area contributed by atoms with E-state index in [0.717, 1.165) is 11.1 Å². The molecule has 1 heterocycles. The zero-order valence-corrected chi connectivity index (χ0v) is 16.3. The van der Waals surface area contributed by atoms with Crippen molar-refractivity contribution in [3.05, 3.63) is 58.6 Å². The van der Waals surface area contributed by atoms with Gasteiger partial charge < -0.3 is 5.32 Å². The Balaban J connectivity index is 1.83. The third-order valence-corrected chi connectivity index (χ3v) is 6.74. The van der Waals surface area contributed by atoms with E-state index in [1.54, 1.807) is 0 Å². The molecule has 0 aliphatic carbocycles.